The highest BCUT2D eigenvalue weighted by Crippen LogP contribution is 2.30. The van der Waals surface area contributed by atoms with Gasteiger partial charge in [-0.3, -0.25) is 4.90 Å². The second-order valence-electron chi connectivity index (χ2n) is 5.18. The molecule has 1 aliphatic heterocycles. The van der Waals surface area contributed by atoms with Gasteiger partial charge in [0.25, 0.3) is 0 Å². The number of aromatic nitrogens is 1. The Morgan fingerprint density at radius 3 is 2.95 bits per heavy atom. The first-order chi connectivity index (χ1) is 10.6. The average molecular weight is 300 g/mol. The molecular formula is C16H16N2O4. The zero-order valence-electron chi connectivity index (χ0n) is 11.9. The van der Waals surface area contributed by atoms with E-state index in [1.165, 1.54) is 11.0 Å². The summed E-state index contributed by atoms with van der Waals surface area (Å²) in [6, 6.07) is 6.79. The van der Waals surface area contributed by atoms with Crippen LogP contribution in [0.3, 0.4) is 0 Å². The first-order valence-corrected chi connectivity index (χ1v) is 6.97. The number of carbonyl (C=O) groups excluding carboxylic acids is 1. The Morgan fingerprint density at radius 2 is 2.23 bits per heavy atom. The predicted molar refractivity (Wildman–Crippen MR) is 80.5 cm³/mol. The molecule has 0 spiro atoms. The van der Waals surface area contributed by atoms with Crippen LogP contribution >= 0.6 is 0 Å². The van der Waals surface area contributed by atoms with E-state index < -0.39 is 18.1 Å². The van der Waals surface area contributed by atoms with Crippen LogP contribution in [0, 0.1) is 0 Å². The number of aromatic amines is 1. The van der Waals surface area contributed by atoms with Crippen LogP contribution in [0.15, 0.2) is 36.9 Å². The van der Waals surface area contributed by atoms with E-state index in [0.29, 0.717) is 0 Å². The molecule has 2 aromatic rings. The van der Waals surface area contributed by atoms with Crippen LogP contribution in [0.25, 0.3) is 10.9 Å². The first-order valence-electron chi connectivity index (χ1n) is 6.97. The van der Waals surface area contributed by atoms with Gasteiger partial charge in [0.15, 0.2) is 0 Å². The monoisotopic (exact) mass is 300 g/mol. The van der Waals surface area contributed by atoms with Crippen molar-refractivity contribution in [2.75, 3.05) is 6.61 Å². The predicted octanol–water partition coefficient (Wildman–Crippen LogP) is 2.30. The summed E-state index contributed by atoms with van der Waals surface area (Å²) in [6.07, 6.45) is 1.07. The molecule has 1 aliphatic rings. The van der Waals surface area contributed by atoms with Gasteiger partial charge in [0.2, 0.25) is 0 Å². The van der Waals surface area contributed by atoms with Crippen molar-refractivity contribution in [3.8, 4) is 0 Å². The van der Waals surface area contributed by atoms with Gasteiger partial charge >= 0.3 is 12.1 Å². The van der Waals surface area contributed by atoms with Gasteiger partial charge in [-0.2, -0.15) is 0 Å². The Balaban J connectivity index is 1.98. The van der Waals surface area contributed by atoms with Crippen molar-refractivity contribution in [1.29, 1.82) is 0 Å². The lowest BCUT2D eigenvalue weighted by molar-refractivity contribution is -0.143. The summed E-state index contributed by atoms with van der Waals surface area (Å²) >= 11 is 0. The quantitative estimate of drug-likeness (QED) is 0.852. The number of nitrogens with one attached hydrogen (secondary N) is 1. The van der Waals surface area contributed by atoms with Crippen LogP contribution in [0.5, 0.6) is 0 Å². The lowest BCUT2D eigenvalue weighted by Crippen LogP contribution is -2.48. The number of H-pyrrole nitrogens is 1. The molecule has 2 N–H and O–H groups in total. The second kappa shape index (κ2) is 5.55. The summed E-state index contributed by atoms with van der Waals surface area (Å²) in [6.45, 7) is 3.73. The molecule has 6 heteroatoms. The van der Waals surface area contributed by atoms with E-state index in [1.807, 2.05) is 24.3 Å². The number of hydrogen-bond donors (Lipinski definition) is 2. The third kappa shape index (κ3) is 2.32. The van der Waals surface area contributed by atoms with Gasteiger partial charge in [0, 0.05) is 23.0 Å². The molecule has 2 heterocycles. The Hall–Kier alpha value is -2.76. The second-order valence-corrected chi connectivity index (χ2v) is 5.18. The van der Waals surface area contributed by atoms with Gasteiger partial charge in [0.05, 0.1) is 6.54 Å². The fraction of sp³-hybridized carbons (Fsp3) is 0.250. The summed E-state index contributed by atoms with van der Waals surface area (Å²) in [5, 5.41) is 10.4. The Bertz CT molecular complexity index is 750. The fourth-order valence-corrected chi connectivity index (χ4v) is 2.83. The largest absolute Gasteiger partial charge is 0.480 e. The number of amides is 1. The SMILES string of the molecule is C=CCOC(=O)N1Cc2[nH]c3ccccc3c2C[C@@H]1C(=O)O. The van der Waals surface area contributed by atoms with Crippen molar-refractivity contribution in [1.82, 2.24) is 9.88 Å². The number of rotatable bonds is 3. The molecule has 1 atom stereocenters. The minimum absolute atomic E-state index is 0.0568. The van der Waals surface area contributed by atoms with E-state index in [0.717, 1.165) is 22.2 Å². The van der Waals surface area contributed by atoms with Crippen molar-refractivity contribution >= 4 is 23.0 Å². The van der Waals surface area contributed by atoms with Gasteiger partial charge < -0.3 is 14.8 Å². The standard InChI is InChI=1S/C16H16N2O4/c1-2-7-22-16(21)18-9-13-11(8-14(18)15(19)20)10-5-3-4-6-12(10)17-13/h2-6,14,17H,1,7-9H2,(H,19,20)/t14-/m1/s1. The van der Waals surface area contributed by atoms with Crippen LogP contribution in [-0.4, -0.2) is 39.7 Å². The summed E-state index contributed by atoms with van der Waals surface area (Å²) in [4.78, 5) is 28.1. The number of para-hydroxylation sites is 1. The molecule has 0 unspecified atom stereocenters. The van der Waals surface area contributed by atoms with Crippen molar-refractivity contribution in [2.45, 2.75) is 19.0 Å². The number of aliphatic carboxylic acids is 1. The van der Waals surface area contributed by atoms with Crippen LogP contribution in [0.2, 0.25) is 0 Å². The van der Waals surface area contributed by atoms with Crippen molar-refractivity contribution in [2.24, 2.45) is 0 Å². The summed E-state index contributed by atoms with van der Waals surface area (Å²) in [5.74, 6) is -1.04. The van der Waals surface area contributed by atoms with Crippen molar-refractivity contribution < 1.29 is 19.4 Å². The van der Waals surface area contributed by atoms with E-state index >= 15 is 0 Å². The van der Waals surface area contributed by atoms with Gasteiger partial charge in [-0.05, 0) is 11.6 Å². The number of hydrogen-bond acceptors (Lipinski definition) is 3. The summed E-state index contributed by atoms with van der Waals surface area (Å²) in [5.41, 5.74) is 2.75. The molecule has 114 valence electrons. The molecule has 1 amide bonds. The molecule has 6 nitrogen and oxygen atoms in total. The molecular weight excluding hydrogens is 284 g/mol. The van der Waals surface area contributed by atoms with Crippen LogP contribution in [-0.2, 0) is 22.5 Å². The van der Waals surface area contributed by atoms with E-state index in [-0.39, 0.29) is 19.6 Å². The molecule has 1 aromatic carbocycles. The molecule has 0 fully saturated rings. The number of carboxylic acid groups (broad SMARTS) is 1. The number of benzene rings is 1. The topological polar surface area (TPSA) is 82.6 Å². The van der Waals surface area contributed by atoms with Crippen molar-refractivity contribution in [3.05, 3.63) is 48.2 Å². The van der Waals surface area contributed by atoms with Crippen LogP contribution < -0.4 is 0 Å². The smallest absolute Gasteiger partial charge is 0.411 e. The highest BCUT2D eigenvalue weighted by atomic mass is 16.6. The van der Waals surface area contributed by atoms with E-state index in [9.17, 15) is 14.7 Å². The Morgan fingerprint density at radius 1 is 1.45 bits per heavy atom. The van der Waals surface area contributed by atoms with Gasteiger partial charge in [-0.25, -0.2) is 9.59 Å². The normalized spacial score (nSPS) is 17.1. The van der Waals surface area contributed by atoms with E-state index in [1.54, 1.807) is 0 Å². The van der Waals surface area contributed by atoms with Gasteiger partial charge in [-0.15, -0.1) is 0 Å². The maximum Gasteiger partial charge on any atom is 0.411 e. The van der Waals surface area contributed by atoms with Crippen molar-refractivity contribution in [3.63, 3.8) is 0 Å². The first kappa shape index (κ1) is 14.2. The maximum atomic E-state index is 12.1. The number of fused-ring (bicyclic) bond motifs is 3. The average Bonchev–Trinajstić information content (AvgIpc) is 2.88. The molecule has 1 aromatic heterocycles. The molecule has 22 heavy (non-hydrogen) atoms. The number of nitrogens with zero attached hydrogens (tertiary/aromatic N) is 1. The van der Waals surface area contributed by atoms with Crippen LogP contribution in [0.4, 0.5) is 4.79 Å². The molecule has 0 aliphatic carbocycles. The highest BCUT2D eigenvalue weighted by Gasteiger charge is 2.37. The summed E-state index contributed by atoms with van der Waals surface area (Å²) < 4.78 is 4.99. The molecule has 0 saturated heterocycles. The Kier molecular flexibility index (Phi) is 3.58. The molecule has 3 rings (SSSR count). The third-order valence-electron chi connectivity index (χ3n) is 3.85. The summed E-state index contributed by atoms with van der Waals surface area (Å²) in [7, 11) is 0. The number of carbonyl (C=O) groups is 2. The minimum Gasteiger partial charge on any atom is -0.480 e. The molecule has 0 radical (unpaired) electrons. The Labute approximate surface area is 127 Å². The molecule has 0 bridgehead atoms. The zero-order valence-corrected chi connectivity index (χ0v) is 11.9. The lowest BCUT2D eigenvalue weighted by Gasteiger charge is -2.32. The fourth-order valence-electron chi connectivity index (χ4n) is 2.83. The third-order valence-corrected chi connectivity index (χ3v) is 3.85. The van der Waals surface area contributed by atoms with Gasteiger partial charge in [0.1, 0.15) is 12.6 Å². The van der Waals surface area contributed by atoms with Crippen LogP contribution in [0.1, 0.15) is 11.3 Å². The van der Waals surface area contributed by atoms with Gasteiger partial charge in [-0.1, -0.05) is 30.9 Å². The van der Waals surface area contributed by atoms with E-state index in [4.69, 9.17) is 4.74 Å². The minimum atomic E-state index is -1.04. The lowest BCUT2D eigenvalue weighted by atomic mass is 9.97. The number of carboxylic acids is 1. The van der Waals surface area contributed by atoms with E-state index in [2.05, 4.69) is 11.6 Å². The molecule has 0 saturated carbocycles. The maximum absolute atomic E-state index is 12.1. The highest BCUT2D eigenvalue weighted by molar-refractivity contribution is 5.88. The number of ether oxygens (including phenoxy) is 1. The zero-order chi connectivity index (χ0) is 15.7.